The van der Waals surface area contributed by atoms with Gasteiger partial charge in [0.2, 0.25) is 5.88 Å². The topological polar surface area (TPSA) is 55.4 Å². The summed E-state index contributed by atoms with van der Waals surface area (Å²) in [6, 6.07) is 11.9. The second kappa shape index (κ2) is 7.22. The molecule has 0 atom stereocenters. The lowest BCUT2D eigenvalue weighted by Gasteiger charge is -2.14. The first-order chi connectivity index (χ1) is 11.3. The molecule has 0 unspecified atom stereocenters. The maximum Gasteiger partial charge on any atom is 0.215 e. The van der Waals surface area contributed by atoms with Crippen molar-refractivity contribution in [3.05, 3.63) is 42.0 Å². The number of benzene rings is 1. The molecule has 1 fully saturated rings. The highest BCUT2D eigenvalue weighted by Crippen LogP contribution is 2.30. The van der Waals surface area contributed by atoms with Crippen LogP contribution in [0.25, 0.3) is 0 Å². The summed E-state index contributed by atoms with van der Waals surface area (Å²) in [5.74, 6) is 3.10. The van der Waals surface area contributed by atoms with Crippen LogP contribution in [-0.2, 0) is 6.54 Å². The van der Waals surface area contributed by atoms with Gasteiger partial charge in [0, 0.05) is 19.2 Å². The van der Waals surface area contributed by atoms with Gasteiger partial charge in [-0.2, -0.15) is 4.98 Å². The van der Waals surface area contributed by atoms with Gasteiger partial charge in [-0.05, 0) is 42.5 Å². The summed E-state index contributed by atoms with van der Waals surface area (Å²) >= 11 is 0. The molecule has 1 saturated carbocycles. The number of anilines is 2. The molecule has 122 valence electrons. The summed E-state index contributed by atoms with van der Waals surface area (Å²) in [5.41, 5.74) is 2.19. The third-order valence-corrected chi connectivity index (χ3v) is 3.98. The zero-order valence-corrected chi connectivity index (χ0v) is 13.6. The van der Waals surface area contributed by atoms with E-state index in [-0.39, 0.29) is 0 Å². The van der Waals surface area contributed by atoms with Crippen molar-refractivity contribution in [3.63, 3.8) is 0 Å². The average molecular weight is 313 g/mol. The number of aromatic nitrogens is 1. The summed E-state index contributed by atoms with van der Waals surface area (Å²) < 4.78 is 10.4. The zero-order chi connectivity index (χ0) is 16.1. The second-order valence-electron chi connectivity index (χ2n) is 5.78. The van der Waals surface area contributed by atoms with Gasteiger partial charge in [0.05, 0.1) is 19.9 Å². The Balaban J connectivity index is 1.67. The Morgan fingerprint density at radius 3 is 2.43 bits per heavy atom. The molecule has 1 aromatic heterocycles. The quantitative estimate of drug-likeness (QED) is 0.781. The highest BCUT2D eigenvalue weighted by molar-refractivity contribution is 5.65. The predicted molar refractivity (Wildman–Crippen MR) is 92.3 cm³/mol. The zero-order valence-electron chi connectivity index (χ0n) is 13.6. The van der Waals surface area contributed by atoms with Gasteiger partial charge >= 0.3 is 0 Å². The number of hydrogen-bond donors (Lipinski definition) is 2. The summed E-state index contributed by atoms with van der Waals surface area (Å²) in [5, 5.41) is 6.87. The molecule has 5 nitrogen and oxygen atoms in total. The van der Waals surface area contributed by atoms with Crippen molar-refractivity contribution < 1.29 is 9.47 Å². The first-order valence-electron chi connectivity index (χ1n) is 7.94. The third-order valence-electron chi connectivity index (χ3n) is 3.98. The maximum atomic E-state index is 5.23. The van der Waals surface area contributed by atoms with Gasteiger partial charge in [-0.25, -0.2) is 0 Å². The van der Waals surface area contributed by atoms with Crippen molar-refractivity contribution in [1.29, 1.82) is 0 Å². The number of rotatable bonds is 8. The molecule has 0 spiro atoms. The van der Waals surface area contributed by atoms with Crippen LogP contribution >= 0.6 is 0 Å². The van der Waals surface area contributed by atoms with E-state index >= 15 is 0 Å². The largest absolute Gasteiger partial charge is 0.497 e. The fourth-order valence-electron chi connectivity index (χ4n) is 2.34. The Labute approximate surface area is 137 Å². The molecule has 0 aliphatic heterocycles. The number of nitrogens with zero attached hydrogens (tertiary/aromatic N) is 1. The van der Waals surface area contributed by atoms with Crippen LogP contribution in [0.4, 0.5) is 11.5 Å². The molecule has 0 bridgehead atoms. The third kappa shape index (κ3) is 4.28. The molecule has 1 aromatic carbocycles. The minimum absolute atomic E-state index is 0.610. The van der Waals surface area contributed by atoms with E-state index in [1.807, 2.05) is 36.4 Å². The lowest BCUT2D eigenvalue weighted by Crippen LogP contribution is -2.09. The molecule has 0 saturated heterocycles. The molecule has 0 radical (unpaired) electrons. The smallest absolute Gasteiger partial charge is 0.215 e. The van der Waals surface area contributed by atoms with Crippen LogP contribution in [0.1, 0.15) is 18.4 Å². The SMILES string of the molecule is COc1ccc(CNc2nc(OC)ccc2NCC2CC2)cc1. The lowest BCUT2D eigenvalue weighted by molar-refractivity contribution is 0.398. The Hall–Kier alpha value is -2.43. The number of pyridine rings is 1. The first-order valence-corrected chi connectivity index (χ1v) is 7.94. The molecule has 2 N–H and O–H groups in total. The van der Waals surface area contributed by atoms with Crippen LogP contribution in [-0.4, -0.2) is 25.7 Å². The van der Waals surface area contributed by atoms with Gasteiger partial charge in [-0.1, -0.05) is 12.1 Å². The van der Waals surface area contributed by atoms with E-state index in [2.05, 4.69) is 15.6 Å². The number of nitrogens with one attached hydrogen (secondary N) is 2. The monoisotopic (exact) mass is 313 g/mol. The highest BCUT2D eigenvalue weighted by Gasteiger charge is 2.21. The Bertz CT molecular complexity index is 639. The van der Waals surface area contributed by atoms with Crippen LogP contribution in [0.15, 0.2) is 36.4 Å². The molecule has 1 aliphatic carbocycles. The molecule has 23 heavy (non-hydrogen) atoms. The van der Waals surface area contributed by atoms with Crippen LogP contribution in [0.2, 0.25) is 0 Å². The molecule has 2 aromatic rings. The second-order valence-corrected chi connectivity index (χ2v) is 5.78. The minimum Gasteiger partial charge on any atom is -0.497 e. The molecular formula is C18H23N3O2. The number of hydrogen-bond acceptors (Lipinski definition) is 5. The molecule has 5 heteroatoms. The molecule has 1 aliphatic rings. The molecule has 3 rings (SSSR count). The van der Waals surface area contributed by atoms with Crippen LogP contribution in [0.3, 0.4) is 0 Å². The van der Waals surface area contributed by atoms with Crippen molar-refractivity contribution in [2.75, 3.05) is 31.4 Å². The van der Waals surface area contributed by atoms with E-state index < -0.39 is 0 Å². The van der Waals surface area contributed by atoms with Crippen molar-refractivity contribution in [2.24, 2.45) is 5.92 Å². The van der Waals surface area contributed by atoms with E-state index in [0.29, 0.717) is 12.4 Å². The van der Waals surface area contributed by atoms with Crippen LogP contribution < -0.4 is 20.1 Å². The van der Waals surface area contributed by atoms with Gasteiger partial charge in [-0.3, -0.25) is 0 Å². The van der Waals surface area contributed by atoms with Crippen LogP contribution in [0, 0.1) is 5.92 Å². The summed E-state index contributed by atoms with van der Waals surface area (Å²) in [6.45, 7) is 1.70. The maximum absolute atomic E-state index is 5.23. The van der Waals surface area contributed by atoms with Crippen molar-refractivity contribution >= 4 is 11.5 Å². The highest BCUT2D eigenvalue weighted by atomic mass is 16.5. The first kappa shape index (κ1) is 15.5. The molecule has 0 amide bonds. The Morgan fingerprint density at radius 1 is 1.00 bits per heavy atom. The standard InChI is InChI=1S/C18H23N3O2/c1-22-15-7-5-14(6-8-15)12-20-18-16(19-11-13-3-4-13)9-10-17(21-18)23-2/h5-10,13,19H,3-4,11-12H2,1-2H3,(H,20,21). The summed E-state index contributed by atoms with van der Waals surface area (Å²) in [7, 11) is 3.30. The number of methoxy groups -OCH3 is 2. The van der Waals surface area contributed by atoms with Gasteiger partial charge in [0.25, 0.3) is 0 Å². The fourth-order valence-corrected chi connectivity index (χ4v) is 2.34. The van der Waals surface area contributed by atoms with Gasteiger partial charge in [0.15, 0.2) is 5.82 Å². The van der Waals surface area contributed by atoms with E-state index in [4.69, 9.17) is 9.47 Å². The van der Waals surface area contributed by atoms with Crippen molar-refractivity contribution in [1.82, 2.24) is 4.98 Å². The average Bonchev–Trinajstić information content (AvgIpc) is 3.43. The summed E-state index contributed by atoms with van der Waals surface area (Å²) in [6.07, 6.45) is 2.65. The lowest BCUT2D eigenvalue weighted by atomic mass is 10.2. The predicted octanol–water partition coefficient (Wildman–Crippen LogP) is 3.53. The Kier molecular flexibility index (Phi) is 4.86. The van der Waals surface area contributed by atoms with Crippen molar-refractivity contribution in [3.8, 4) is 11.6 Å². The molecule has 1 heterocycles. The van der Waals surface area contributed by atoms with E-state index in [9.17, 15) is 0 Å². The normalized spacial score (nSPS) is 13.5. The van der Waals surface area contributed by atoms with Gasteiger partial charge < -0.3 is 20.1 Å². The van der Waals surface area contributed by atoms with Crippen molar-refractivity contribution in [2.45, 2.75) is 19.4 Å². The van der Waals surface area contributed by atoms with E-state index in [0.717, 1.165) is 29.7 Å². The fraction of sp³-hybridized carbons (Fsp3) is 0.389. The number of ether oxygens (including phenoxy) is 2. The van der Waals surface area contributed by atoms with Crippen LogP contribution in [0.5, 0.6) is 11.6 Å². The summed E-state index contributed by atoms with van der Waals surface area (Å²) in [4.78, 5) is 4.52. The van der Waals surface area contributed by atoms with Gasteiger partial charge in [-0.15, -0.1) is 0 Å². The van der Waals surface area contributed by atoms with E-state index in [1.54, 1.807) is 14.2 Å². The van der Waals surface area contributed by atoms with E-state index in [1.165, 1.54) is 18.4 Å². The Morgan fingerprint density at radius 2 is 1.78 bits per heavy atom. The van der Waals surface area contributed by atoms with Gasteiger partial charge in [0.1, 0.15) is 5.75 Å². The minimum atomic E-state index is 0.610. The molecular weight excluding hydrogens is 290 g/mol.